The van der Waals surface area contributed by atoms with Crippen molar-refractivity contribution in [3.63, 3.8) is 0 Å². The number of ether oxygens (including phenoxy) is 1. The molecule has 0 saturated heterocycles. The molecule has 0 aliphatic carbocycles. The Morgan fingerprint density at radius 3 is 2.70 bits per heavy atom. The highest BCUT2D eigenvalue weighted by Crippen LogP contribution is 2.25. The first kappa shape index (κ1) is 18.8. The lowest BCUT2D eigenvalue weighted by Crippen LogP contribution is -2.27. The third kappa shape index (κ3) is 3.61. The van der Waals surface area contributed by atoms with E-state index >= 15 is 0 Å². The van der Waals surface area contributed by atoms with Crippen LogP contribution in [-0.2, 0) is 4.79 Å². The van der Waals surface area contributed by atoms with E-state index in [1.165, 1.54) is 23.8 Å². The number of aromatic nitrogens is 1. The van der Waals surface area contributed by atoms with E-state index in [4.69, 9.17) is 4.74 Å². The van der Waals surface area contributed by atoms with Gasteiger partial charge in [0.25, 0.3) is 5.91 Å². The van der Waals surface area contributed by atoms with E-state index in [-0.39, 0.29) is 15.9 Å². The molecule has 1 amide bonds. The number of carboxylic acid groups (broad SMARTS) is 1. The van der Waals surface area contributed by atoms with Crippen LogP contribution >= 0.6 is 11.3 Å². The number of hydrogen-bond donors (Lipinski definition) is 1. The molecular weight excluding hydrogens is 371 g/mol. The van der Waals surface area contributed by atoms with Gasteiger partial charge in [-0.15, -0.1) is 0 Å². The molecule has 1 unspecified atom stereocenters. The molecule has 3 aromatic rings. The number of carboxylic acids is 1. The van der Waals surface area contributed by atoms with E-state index in [2.05, 4.69) is 4.99 Å². The minimum Gasteiger partial charge on any atom is -0.497 e. The maximum absolute atomic E-state index is 14.2. The molecule has 0 fully saturated rings. The molecule has 3 rings (SSSR count). The van der Waals surface area contributed by atoms with Crippen LogP contribution in [0.2, 0.25) is 0 Å². The SMILES string of the molecule is CCC(C(=O)O)n1c(=NC(=O)c2cccc(OC)c2)sc2c(F)cccc21. The van der Waals surface area contributed by atoms with Gasteiger partial charge in [-0.1, -0.05) is 30.4 Å². The highest BCUT2D eigenvalue weighted by atomic mass is 32.1. The van der Waals surface area contributed by atoms with E-state index in [0.717, 1.165) is 11.3 Å². The lowest BCUT2D eigenvalue weighted by atomic mass is 10.2. The average molecular weight is 388 g/mol. The summed E-state index contributed by atoms with van der Waals surface area (Å²) in [5.74, 6) is -1.61. The van der Waals surface area contributed by atoms with Gasteiger partial charge in [-0.05, 0) is 36.8 Å². The molecule has 0 aliphatic heterocycles. The third-order valence-corrected chi connectivity index (χ3v) is 5.18. The topological polar surface area (TPSA) is 80.9 Å². The summed E-state index contributed by atoms with van der Waals surface area (Å²) in [6.45, 7) is 1.71. The van der Waals surface area contributed by atoms with Crippen LogP contribution in [0.4, 0.5) is 4.39 Å². The van der Waals surface area contributed by atoms with Gasteiger partial charge < -0.3 is 14.4 Å². The van der Waals surface area contributed by atoms with Gasteiger partial charge in [-0.3, -0.25) is 4.79 Å². The number of methoxy groups -OCH3 is 1. The Labute approximate surface area is 158 Å². The van der Waals surface area contributed by atoms with E-state index < -0.39 is 23.7 Å². The van der Waals surface area contributed by atoms with Gasteiger partial charge in [-0.2, -0.15) is 4.99 Å². The minimum atomic E-state index is -1.07. The molecule has 1 heterocycles. The number of amides is 1. The predicted molar refractivity (Wildman–Crippen MR) is 99.6 cm³/mol. The van der Waals surface area contributed by atoms with E-state index in [9.17, 15) is 19.1 Å². The fraction of sp³-hybridized carbons (Fsp3) is 0.211. The van der Waals surface area contributed by atoms with Gasteiger partial charge in [0.15, 0.2) is 4.80 Å². The summed E-state index contributed by atoms with van der Waals surface area (Å²) < 4.78 is 21.0. The van der Waals surface area contributed by atoms with Crippen LogP contribution in [0, 0.1) is 5.82 Å². The van der Waals surface area contributed by atoms with Gasteiger partial charge in [0.2, 0.25) is 0 Å². The van der Waals surface area contributed by atoms with Gasteiger partial charge in [0.05, 0.1) is 17.3 Å². The van der Waals surface area contributed by atoms with Crippen molar-refractivity contribution in [1.29, 1.82) is 0 Å². The normalized spacial score (nSPS) is 12.9. The molecule has 0 saturated carbocycles. The maximum Gasteiger partial charge on any atom is 0.326 e. The first-order chi connectivity index (χ1) is 13.0. The Hall–Kier alpha value is -3.00. The van der Waals surface area contributed by atoms with Crippen LogP contribution in [0.1, 0.15) is 29.7 Å². The van der Waals surface area contributed by atoms with Crippen LogP contribution in [0.5, 0.6) is 5.75 Å². The highest BCUT2D eigenvalue weighted by molar-refractivity contribution is 7.16. The minimum absolute atomic E-state index is 0.136. The molecule has 1 N–H and O–H groups in total. The average Bonchev–Trinajstić information content (AvgIpc) is 3.01. The Morgan fingerprint density at radius 2 is 2.04 bits per heavy atom. The molecule has 2 aromatic carbocycles. The second kappa shape index (κ2) is 7.71. The van der Waals surface area contributed by atoms with Crippen molar-refractivity contribution in [3.05, 3.63) is 58.6 Å². The van der Waals surface area contributed by atoms with E-state index in [1.807, 2.05) is 0 Å². The fourth-order valence-corrected chi connectivity index (χ4v) is 3.86. The Bertz CT molecular complexity index is 1090. The van der Waals surface area contributed by atoms with Crippen LogP contribution in [0.3, 0.4) is 0 Å². The first-order valence-electron chi connectivity index (χ1n) is 8.21. The zero-order valence-corrected chi connectivity index (χ0v) is 15.5. The van der Waals surface area contributed by atoms with Crippen LogP contribution in [0.15, 0.2) is 47.5 Å². The number of carbonyl (C=O) groups is 2. The lowest BCUT2D eigenvalue weighted by Gasteiger charge is -2.13. The lowest BCUT2D eigenvalue weighted by molar-refractivity contribution is -0.140. The van der Waals surface area contributed by atoms with Crippen molar-refractivity contribution in [3.8, 4) is 5.75 Å². The molecule has 6 nitrogen and oxygen atoms in total. The largest absolute Gasteiger partial charge is 0.497 e. The van der Waals surface area contributed by atoms with E-state index in [0.29, 0.717) is 16.8 Å². The summed E-state index contributed by atoms with van der Waals surface area (Å²) in [6.07, 6.45) is 0.262. The number of carbonyl (C=O) groups excluding carboxylic acids is 1. The number of halogens is 1. The monoisotopic (exact) mass is 388 g/mol. The molecule has 0 bridgehead atoms. The van der Waals surface area contributed by atoms with Crippen molar-refractivity contribution in [2.24, 2.45) is 4.99 Å². The zero-order chi connectivity index (χ0) is 19.6. The van der Waals surface area contributed by atoms with Crippen LogP contribution in [-0.4, -0.2) is 28.7 Å². The summed E-state index contributed by atoms with van der Waals surface area (Å²) >= 11 is 0.950. The second-order valence-corrected chi connectivity index (χ2v) is 6.73. The van der Waals surface area contributed by atoms with Crippen molar-refractivity contribution >= 4 is 33.4 Å². The van der Waals surface area contributed by atoms with Crippen molar-refractivity contribution in [2.45, 2.75) is 19.4 Å². The van der Waals surface area contributed by atoms with Gasteiger partial charge in [-0.25, -0.2) is 9.18 Å². The Morgan fingerprint density at radius 1 is 1.30 bits per heavy atom. The Balaban J connectivity index is 2.23. The summed E-state index contributed by atoms with van der Waals surface area (Å²) in [6, 6.07) is 9.93. The quantitative estimate of drug-likeness (QED) is 0.724. The van der Waals surface area contributed by atoms with Crippen LogP contribution < -0.4 is 9.54 Å². The van der Waals surface area contributed by atoms with Crippen molar-refractivity contribution in [2.75, 3.05) is 7.11 Å². The fourth-order valence-electron chi connectivity index (χ4n) is 2.78. The molecule has 1 aromatic heterocycles. The molecule has 0 radical (unpaired) electrons. The highest BCUT2D eigenvalue weighted by Gasteiger charge is 2.23. The van der Waals surface area contributed by atoms with Gasteiger partial charge >= 0.3 is 5.97 Å². The number of nitrogens with zero attached hydrogens (tertiary/aromatic N) is 2. The Kier molecular flexibility index (Phi) is 5.36. The summed E-state index contributed by atoms with van der Waals surface area (Å²) in [4.78, 5) is 28.5. The summed E-state index contributed by atoms with van der Waals surface area (Å²) in [5.41, 5.74) is 0.689. The zero-order valence-electron chi connectivity index (χ0n) is 14.7. The molecule has 140 valence electrons. The molecule has 8 heteroatoms. The van der Waals surface area contributed by atoms with Crippen LogP contribution in [0.25, 0.3) is 10.2 Å². The smallest absolute Gasteiger partial charge is 0.326 e. The summed E-state index contributed by atoms with van der Waals surface area (Å²) in [7, 11) is 1.49. The molecule has 0 aliphatic rings. The number of benzene rings is 2. The number of hydrogen-bond acceptors (Lipinski definition) is 4. The molecule has 27 heavy (non-hydrogen) atoms. The number of rotatable bonds is 5. The number of thiazole rings is 1. The summed E-state index contributed by atoms with van der Waals surface area (Å²) in [5, 5.41) is 9.56. The molecule has 0 spiro atoms. The molecular formula is C19H17FN2O4S. The predicted octanol–water partition coefficient (Wildman–Crippen LogP) is 3.63. The number of aliphatic carboxylic acids is 1. The molecule has 1 atom stereocenters. The van der Waals surface area contributed by atoms with Gasteiger partial charge in [0.1, 0.15) is 17.6 Å². The third-order valence-electron chi connectivity index (χ3n) is 4.10. The van der Waals surface area contributed by atoms with E-state index in [1.54, 1.807) is 37.3 Å². The maximum atomic E-state index is 14.2. The second-order valence-electron chi connectivity index (χ2n) is 5.75. The first-order valence-corrected chi connectivity index (χ1v) is 9.03. The van der Waals surface area contributed by atoms with Gasteiger partial charge in [0, 0.05) is 5.56 Å². The van der Waals surface area contributed by atoms with Crippen molar-refractivity contribution in [1.82, 2.24) is 4.57 Å². The van der Waals surface area contributed by atoms with Crippen molar-refractivity contribution < 1.29 is 23.8 Å². The standard InChI is InChI=1S/C19H17FN2O4S/c1-3-14(18(24)25)22-15-9-5-8-13(20)16(15)27-19(22)21-17(23)11-6-4-7-12(10-11)26-2/h4-10,14H,3H2,1-2H3,(H,24,25). The number of fused-ring (bicyclic) bond motifs is 1.